The number of nitrogens with one attached hydrogen (secondary N) is 1. The van der Waals surface area contributed by atoms with Gasteiger partial charge in [0, 0.05) is 5.56 Å². The minimum Gasteiger partial charge on any atom is -0.325 e. The number of anilines is 1. The molecule has 1 aromatic heterocycles. The molecule has 4 rings (SSSR count). The maximum Gasteiger partial charge on any atom is 0.418 e. The Hall–Kier alpha value is -3.66. The summed E-state index contributed by atoms with van der Waals surface area (Å²) < 4.78 is 54.8. The van der Waals surface area contributed by atoms with Crippen LogP contribution in [0.1, 0.15) is 11.1 Å². The highest BCUT2D eigenvalue weighted by Crippen LogP contribution is 2.34. The maximum atomic E-state index is 13.4. The van der Waals surface area contributed by atoms with Crippen LogP contribution >= 0.6 is 11.8 Å². The van der Waals surface area contributed by atoms with Gasteiger partial charge in [0.15, 0.2) is 11.0 Å². The summed E-state index contributed by atoms with van der Waals surface area (Å²) in [6.45, 7) is 0.390. The fourth-order valence-electron chi connectivity index (χ4n) is 3.27. The number of benzene rings is 3. The molecule has 34 heavy (non-hydrogen) atoms. The van der Waals surface area contributed by atoms with E-state index in [1.165, 1.54) is 30.3 Å². The molecular weight excluding hydrogens is 468 g/mol. The van der Waals surface area contributed by atoms with Gasteiger partial charge in [0.05, 0.1) is 23.5 Å². The van der Waals surface area contributed by atoms with Crippen molar-refractivity contribution < 1.29 is 22.4 Å². The molecule has 0 saturated heterocycles. The Morgan fingerprint density at radius 1 is 0.912 bits per heavy atom. The Morgan fingerprint density at radius 2 is 1.59 bits per heavy atom. The Morgan fingerprint density at radius 3 is 2.29 bits per heavy atom. The summed E-state index contributed by atoms with van der Waals surface area (Å²) in [7, 11) is 0. The van der Waals surface area contributed by atoms with E-state index >= 15 is 0 Å². The third-order valence-electron chi connectivity index (χ3n) is 4.84. The fraction of sp³-hybridized carbons (Fsp3) is 0.125. The van der Waals surface area contributed by atoms with E-state index in [9.17, 15) is 22.4 Å². The lowest BCUT2D eigenvalue weighted by atomic mass is 10.1. The van der Waals surface area contributed by atoms with Crippen molar-refractivity contribution in [3.05, 3.63) is 95.8 Å². The number of carbonyl (C=O) groups excluding carboxylic acids is 1. The lowest BCUT2D eigenvalue weighted by Crippen LogP contribution is -2.18. The van der Waals surface area contributed by atoms with E-state index in [1.54, 1.807) is 16.7 Å². The van der Waals surface area contributed by atoms with Crippen molar-refractivity contribution in [2.24, 2.45) is 0 Å². The summed E-state index contributed by atoms with van der Waals surface area (Å²) in [5, 5.41) is 11.1. The second kappa shape index (κ2) is 10.1. The molecule has 10 heteroatoms. The van der Waals surface area contributed by atoms with E-state index in [-0.39, 0.29) is 17.3 Å². The van der Waals surface area contributed by atoms with Crippen molar-refractivity contribution in [3.63, 3.8) is 0 Å². The lowest BCUT2D eigenvalue weighted by molar-refractivity contribution is -0.137. The summed E-state index contributed by atoms with van der Waals surface area (Å²) in [5.41, 5.74) is 0.369. The van der Waals surface area contributed by atoms with E-state index < -0.39 is 17.6 Å². The number of alkyl halides is 3. The zero-order valence-electron chi connectivity index (χ0n) is 17.6. The second-order valence-corrected chi connectivity index (χ2v) is 8.21. The molecule has 174 valence electrons. The summed E-state index contributed by atoms with van der Waals surface area (Å²) in [5.74, 6) is -0.695. The number of carbonyl (C=O) groups is 1. The highest BCUT2D eigenvalue weighted by atomic mass is 32.2. The number of halogens is 4. The summed E-state index contributed by atoms with van der Waals surface area (Å²) in [4.78, 5) is 12.5. The molecular formula is C24H18F4N4OS. The molecule has 1 heterocycles. The third kappa shape index (κ3) is 5.63. The lowest BCUT2D eigenvalue weighted by Gasteiger charge is -2.13. The number of hydrogen-bond acceptors (Lipinski definition) is 4. The molecule has 0 aliphatic heterocycles. The number of amides is 1. The SMILES string of the molecule is O=C(CSc1nnc(-c2ccc(F)cc2)n1Cc1ccccc1)Nc1ccccc1C(F)(F)F. The van der Waals surface area contributed by atoms with Crippen LogP contribution in [0.15, 0.2) is 84.0 Å². The van der Waals surface area contributed by atoms with Gasteiger partial charge in [0.1, 0.15) is 5.82 Å². The first-order valence-corrected chi connectivity index (χ1v) is 11.1. The topological polar surface area (TPSA) is 59.8 Å². The smallest absolute Gasteiger partial charge is 0.325 e. The van der Waals surface area contributed by atoms with Crippen LogP contribution in [0.3, 0.4) is 0 Å². The minimum atomic E-state index is -4.59. The Labute approximate surface area is 196 Å². The quantitative estimate of drug-likeness (QED) is 0.262. The van der Waals surface area contributed by atoms with Gasteiger partial charge >= 0.3 is 6.18 Å². The number of aromatic nitrogens is 3. The molecule has 0 fully saturated rings. The van der Waals surface area contributed by atoms with E-state index in [0.29, 0.717) is 23.1 Å². The largest absolute Gasteiger partial charge is 0.418 e. The van der Waals surface area contributed by atoms with E-state index in [4.69, 9.17) is 0 Å². The monoisotopic (exact) mass is 486 g/mol. The molecule has 1 N–H and O–H groups in total. The summed E-state index contributed by atoms with van der Waals surface area (Å²) in [6, 6.07) is 20.1. The van der Waals surface area contributed by atoms with Crippen LogP contribution in [-0.2, 0) is 17.5 Å². The second-order valence-electron chi connectivity index (χ2n) is 7.27. The fourth-order valence-corrected chi connectivity index (χ4v) is 4.01. The number of para-hydroxylation sites is 1. The van der Waals surface area contributed by atoms with Gasteiger partial charge < -0.3 is 5.32 Å². The average molecular weight is 486 g/mol. The standard InChI is InChI=1S/C24H18F4N4OS/c25-18-12-10-17(11-13-18)22-30-31-23(32(22)14-16-6-2-1-3-7-16)34-15-21(33)29-20-9-5-4-8-19(20)24(26,27)28/h1-13H,14-15H2,(H,29,33). The first-order valence-electron chi connectivity index (χ1n) is 10.1. The van der Waals surface area contributed by atoms with Crippen LogP contribution in [0, 0.1) is 5.82 Å². The van der Waals surface area contributed by atoms with Gasteiger partial charge in [-0.25, -0.2) is 4.39 Å². The van der Waals surface area contributed by atoms with Gasteiger partial charge in [0.2, 0.25) is 5.91 Å². The van der Waals surface area contributed by atoms with Gasteiger partial charge in [-0.1, -0.05) is 54.2 Å². The Bertz CT molecular complexity index is 1270. The first-order chi connectivity index (χ1) is 16.3. The van der Waals surface area contributed by atoms with Crippen LogP contribution in [0.4, 0.5) is 23.2 Å². The van der Waals surface area contributed by atoms with Crippen molar-refractivity contribution in [3.8, 4) is 11.4 Å². The first kappa shape index (κ1) is 23.5. The van der Waals surface area contributed by atoms with Crippen LogP contribution in [0.2, 0.25) is 0 Å². The maximum absolute atomic E-state index is 13.4. The van der Waals surface area contributed by atoms with E-state index in [2.05, 4.69) is 15.5 Å². The number of hydrogen-bond donors (Lipinski definition) is 1. The van der Waals surface area contributed by atoms with Crippen LogP contribution < -0.4 is 5.32 Å². The zero-order valence-corrected chi connectivity index (χ0v) is 18.4. The van der Waals surface area contributed by atoms with Gasteiger partial charge in [-0.15, -0.1) is 10.2 Å². The Balaban J connectivity index is 1.55. The van der Waals surface area contributed by atoms with Crippen molar-refractivity contribution in [2.45, 2.75) is 17.9 Å². The highest BCUT2D eigenvalue weighted by molar-refractivity contribution is 7.99. The van der Waals surface area contributed by atoms with Crippen molar-refractivity contribution >= 4 is 23.4 Å². The van der Waals surface area contributed by atoms with Crippen molar-refractivity contribution in [1.29, 1.82) is 0 Å². The minimum absolute atomic E-state index is 0.178. The molecule has 0 aliphatic rings. The molecule has 1 amide bonds. The van der Waals surface area contributed by atoms with Gasteiger partial charge in [-0.2, -0.15) is 13.2 Å². The molecule has 0 radical (unpaired) electrons. The van der Waals surface area contributed by atoms with Crippen LogP contribution in [0.25, 0.3) is 11.4 Å². The molecule has 0 spiro atoms. The predicted octanol–water partition coefficient (Wildman–Crippen LogP) is 5.88. The predicted molar refractivity (Wildman–Crippen MR) is 122 cm³/mol. The van der Waals surface area contributed by atoms with E-state index in [1.807, 2.05) is 30.3 Å². The van der Waals surface area contributed by atoms with Crippen molar-refractivity contribution in [1.82, 2.24) is 14.8 Å². The number of rotatable bonds is 7. The van der Waals surface area contributed by atoms with Gasteiger partial charge in [0.25, 0.3) is 0 Å². The normalized spacial score (nSPS) is 11.4. The van der Waals surface area contributed by atoms with Crippen LogP contribution in [-0.4, -0.2) is 26.4 Å². The average Bonchev–Trinajstić information content (AvgIpc) is 3.21. The molecule has 0 saturated carbocycles. The van der Waals surface area contributed by atoms with Gasteiger partial charge in [-0.3, -0.25) is 9.36 Å². The zero-order chi connectivity index (χ0) is 24.1. The third-order valence-corrected chi connectivity index (χ3v) is 5.81. The molecule has 4 aromatic rings. The molecule has 5 nitrogen and oxygen atoms in total. The summed E-state index contributed by atoms with van der Waals surface area (Å²) >= 11 is 1.05. The molecule has 0 bridgehead atoms. The van der Waals surface area contributed by atoms with E-state index in [0.717, 1.165) is 23.4 Å². The molecule has 3 aromatic carbocycles. The molecule has 0 atom stereocenters. The summed E-state index contributed by atoms with van der Waals surface area (Å²) in [6.07, 6.45) is -4.59. The van der Waals surface area contributed by atoms with Crippen LogP contribution in [0.5, 0.6) is 0 Å². The Kier molecular flexibility index (Phi) is 6.97. The molecule has 0 aliphatic carbocycles. The highest BCUT2D eigenvalue weighted by Gasteiger charge is 2.33. The number of thioether (sulfide) groups is 1. The molecule has 0 unspecified atom stereocenters. The van der Waals surface area contributed by atoms with Crippen molar-refractivity contribution in [2.75, 3.05) is 11.1 Å². The number of nitrogens with zero attached hydrogens (tertiary/aromatic N) is 3. The van der Waals surface area contributed by atoms with Gasteiger partial charge in [-0.05, 0) is 42.0 Å².